The number of carbonyl (C=O) groups is 2. The van der Waals surface area contributed by atoms with Crippen LogP contribution in [0.25, 0.3) is 0 Å². The van der Waals surface area contributed by atoms with Crippen LogP contribution in [0.15, 0.2) is 24.3 Å². The number of benzene rings is 1. The molecule has 0 saturated heterocycles. The summed E-state index contributed by atoms with van der Waals surface area (Å²) in [7, 11) is 0. The highest BCUT2D eigenvalue weighted by molar-refractivity contribution is 7.17. The van der Waals surface area contributed by atoms with E-state index in [4.69, 9.17) is 0 Å². The summed E-state index contributed by atoms with van der Waals surface area (Å²) < 4.78 is 14.1. The maximum atomic E-state index is 14.1. The van der Waals surface area contributed by atoms with E-state index in [0.717, 1.165) is 29.7 Å². The summed E-state index contributed by atoms with van der Waals surface area (Å²) in [5.41, 5.74) is 1.29. The minimum Gasteiger partial charge on any atom is -0.347 e. The molecule has 1 atom stereocenters. The van der Waals surface area contributed by atoms with Crippen molar-refractivity contribution in [3.8, 4) is 0 Å². The van der Waals surface area contributed by atoms with Crippen molar-refractivity contribution in [1.29, 1.82) is 0 Å². The molecule has 6 heteroatoms. The third-order valence-electron chi connectivity index (χ3n) is 5.55. The molecule has 1 aliphatic carbocycles. The first-order chi connectivity index (χ1) is 13.9. The minimum atomic E-state index is -0.579. The normalized spacial score (nSPS) is 16.7. The summed E-state index contributed by atoms with van der Waals surface area (Å²) in [6.45, 7) is 12.5. The molecule has 1 heterocycles. The fourth-order valence-electron chi connectivity index (χ4n) is 3.87. The summed E-state index contributed by atoms with van der Waals surface area (Å²) in [6.07, 6.45) is 2.69. The second-order valence-corrected chi connectivity index (χ2v) is 11.3. The Morgan fingerprint density at radius 1 is 1.07 bits per heavy atom. The predicted molar refractivity (Wildman–Crippen MR) is 121 cm³/mol. The van der Waals surface area contributed by atoms with Gasteiger partial charge >= 0.3 is 0 Å². The molecule has 0 fully saturated rings. The van der Waals surface area contributed by atoms with Gasteiger partial charge in [0.1, 0.15) is 10.8 Å². The Morgan fingerprint density at radius 2 is 1.73 bits per heavy atom. The number of amides is 2. The zero-order valence-corrected chi connectivity index (χ0v) is 19.4. The van der Waals surface area contributed by atoms with Crippen LogP contribution >= 0.6 is 11.3 Å². The molecule has 2 amide bonds. The minimum absolute atomic E-state index is 0.0291. The first-order valence-electron chi connectivity index (χ1n) is 10.4. The van der Waals surface area contributed by atoms with Gasteiger partial charge < -0.3 is 10.6 Å². The highest BCUT2D eigenvalue weighted by Crippen LogP contribution is 2.44. The zero-order valence-electron chi connectivity index (χ0n) is 18.6. The molecule has 1 aliphatic rings. The Morgan fingerprint density at radius 3 is 2.33 bits per heavy atom. The SMILES string of the molecule is CC(C)(C)NC(=O)c1c(NC(=O)c2ccccc2F)sc2c1CC[C@@H](C(C)(C)C)C2. The zero-order chi connectivity index (χ0) is 22.3. The number of anilines is 1. The smallest absolute Gasteiger partial charge is 0.259 e. The van der Waals surface area contributed by atoms with Gasteiger partial charge in [0.2, 0.25) is 0 Å². The number of thiophene rings is 1. The van der Waals surface area contributed by atoms with Gasteiger partial charge in [0.25, 0.3) is 11.8 Å². The predicted octanol–water partition coefficient (Wildman–Crippen LogP) is 5.82. The third-order valence-corrected chi connectivity index (χ3v) is 6.72. The fraction of sp³-hybridized carbons (Fsp3) is 0.500. The highest BCUT2D eigenvalue weighted by Gasteiger charge is 2.34. The molecule has 162 valence electrons. The lowest BCUT2D eigenvalue weighted by Crippen LogP contribution is -2.41. The first-order valence-corrected chi connectivity index (χ1v) is 11.2. The van der Waals surface area contributed by atoms with Crippen molar-refractivity contribution in [2.24, 2.45) is 11.3 Å². The molecule has 0 aliphatic heterocycles. The monoisotopic (exact) mass is 430 g/mol. The number of nitrogens with one attached hydrogen (secondary N) is 2. The van der Waals surface area contributed by atoms with Crippen LogP contribution in [0, 0.1) is 17.2 Å². The molecule has 2 N–H and O–H groups in total. The summed E-state index contributed by atoms with van der Waals surface area (Å²) >= 11 is 1.45. The van der Waals surface area contributed by atoms with Gasteiger partial charge in [-0.3, -0.25) is 9.59 Å². The van der Waals surface area contributed by atoms with Crippen LogP contribution in [0.2, 0.25) is 0 Å². The molecule has 1 aromatic carbocycles. The molecule has 0 saturated carbocycles. The van der Waals surface area contributed by atoms with Crippen LogP contribution in [0.5, 0.6) is 0 Å². The number of halogens is 1. The van der Waals surface area contributed by atoms with Crippen LogP contribution < -0.4 is 10.6 Å². The largest absolute Gasteiger partial charge is 0.347 e. The second kappa shape index (κ2) is 8.14. The van der Waals surface area contributed by atoms with E-state index in [1.165, 1.54) is 23.5 Å². The van der Waals surface area contributed by atoms with Gasteiger partial charge in [0.15, 0.2) is 0 Å². The molecule has 4 nitrogen and oxygen atoms in total. The number of hydrogen-bond donors (Lipinski definition) is 2. The van der Waals surface area contributed by atoms with Crippen LogP contribution in [-0.2, 0) is 12.8 Å². The van der Waals surface area contributed by atoms with E-state index >= 15 is 0 Å². The molecule has 0 spiro atoms. The van der Waals surface area contributed by atoms with Gasteiger partial charge in [-0.05, 0) is 69.1 Å². The molecule has 30 heavy (non-hydrogen) atoms. The maximum absolute atomic E-state index is 14.1. The van der Waals surface area contributed by atoms with Crippen LogP contribution in [-0.4, -0.2) is 17.4 Å². The Hall–Kier alpha value is -2.21. The quantitative estimate of drug-likeness (QED) is 0.645. The van der Waals surface area contributed by atoms with Crippen molar-refractivity contribution in [2.45, 2.75) is 66.3 Å². The maximum Gasteiger partial charge on any atom is 0.259 e. The van der Waals surface area contributed by atoms with Crippen molar-refractivity contribution in [3.63, 3.8) is 0 Å². The van der Waals surface area contributed by atoms with E-state index in [9.17, 15) is 14.0 Å². The summed E-state index contributed by atoms with van der Waals surface area (Å²) in [6, 6.07) is 5.88. The van der Waals surface area contributed by atoms with Gasteiger partial charge in [-0.2, -0.15) is 0 Å². The Kier molecular flexibility index (Phi) is 6.10. The van der Waals surface area contributed by atoms with E-state index in [2.05, 4.69) is 31.4 Å². The van der Waals surface area contributed by atoms with Gasteiger partial charge in [-0.15, -0.1) is 11.3 Å². The number of rotatable bonds is 3. The second-order valence-electron chi connectivity index (χ2n) is 10.2. The molecule has 2 aromatic rings. The van der Waals surface area contributed by atoms with Gasteiger partial charge in [-0.1, -0.05) is 32.9 Å². The molecule has 0 bridgehead atoms. The lowest BCUT2D eigenvalue weighted by molar-refractivity contribution is 0.0919. The Bertz CT molecular complexity index is 967. The third kappa shape index (κ3) is 4.91. The molecule has 3 rings (SSSR count). The van der Waals surface area contributed by atoms with Crippen molar-refractivity contribution < 1.29 is 14.0 Å². The average Bonchev–Trinajstić information content (AvgIpc) is 2.96. The van der Waals surface area contributed by atoms with Crippen molar-refractivity contribution in [1.82, 2.24) is 5.32 Å². The van der Waals surface area contributed by atoms with Gasteiger partial charge in [-0.25, -0.2) is 4.39 Å². The fourth-order valence-corrected chi connectivity index (χ4v) is 5.19. The van der Waals surface area contributed by atoms with Gasteiger partial charge in [0, 0.05) is 10.4 Å². The molecule has 1 aromatic heterocycles. The Balaban J connectivity index is 1.99. The van der Waals surface area contributed by atoms with Crippen LogP contribution in [0.4, 0.5) is 9.39 Å². The lowest BCUT2D eigenvalue weighted by Gasteiger charge is -2.34. The van der Waals surface area contributed by atoms with E-state index in [1.807, 2.05) is 20.8 Å². The average molecular weight is 431 g/mol. The summed E-state index contributed by atoms with van der Waals surface area (Å²) in [5.74, 6) is -0.802. The molecule has 0 radical (unpaired) electrons. The first kappa shape index (κ1) is 22.5. The van der Waals surface area contributed by atoms with Crippen LogP contribution in [0.1, 0.15) is 79.1 Å². The van der Waals surface area contributed by atoms with Crippen LogP contribution in [0.3, 0.4) is 0 Å². The standard InChI is InChI=1S/C24H31FN2O2S/c1-23(2,3)14-11-12-16-18(13-14)30-22(19(16)21(29)27-24(4,5)6)26-20(28)15-9-7-8-10-17(15)25/h7-10,14H,11-13H2,1-6H3,(H,26,28)(H,27,29)/t14-/m1/s1. The molecule has 0 unspecified atom stereocenters. The van der Waals surface area contributed by atoms with Gasteiger partial charge in [0.05, 0.1) is 11.1 Å². The summed E-state index contributed by atoms with van der Waals surface area (Å²) in [4.78, 5) is 27.0. The number of fused-ring (bicyclic) bond motifs is 1. The van der Waals surface area contributed by atoms with E-state index < -0.39 is 17.3 Å². The van der Waals surface area contributed by atoms with E-state index in [0.29, 0.717) is 16.5 Å². The highest BCUT2D eigenvalue weighted by atomic mass is 32.1. The number of hydrogen-bond acceptors (Lipinski definition) is 3. The van der Waals surface area contributed by atoms with Crippen molar-refractivity contribution >= 4 is 28.2 Å². The molecular formula is C24H31FN2O2S. The lowest BCUT2D eigenvalue weighted by atomic mass is 9.72. The summed E-state index contributed by atoms with van der Waals surface area (Å²) in [5, 5.41) is 6.35. The van der Waals surface area contributed by atoms with Crippen molar-refractivity contribution in [2.75, 3.05) is 5.32 Å². The van der Waals surface area contributed by atoms with E-state index in [1.54, 1.807) is 12.1 Å². The number of carbonyl (C=O) groups excluding carboxylic acids is 2. The Labute approximate surface area is 182 Å². The van der Waals surface area contributed by atoms with Crippen molar-refractivity contribution in [3.05, 3.63) is 51.7 Å². The van der Waals surface area contributed by atoms with E-state index in [-0.39, 0.29) is 16.9 Å². The topological polar surface area (TPSA) is 58.2 Å². The molecular weight excluding hydrogens is 399 g/mol.